The molecule has 0 atom stereocenters. The maximum Gasteiger partial charge on any atom is 0.145 e. The average Bonchev–Trinajstić information content (AvgIpc) is 3.14. The van der Waals surface area contributed by atoms with Gasteiger partial charge in [0, 0.05) is 0 Å². The van der Waals surface area contributed by atoms with Crippen LogP contribution in [-0.4, -0.2) is 0 Å². The van der Waals surface area contributed by atoms with Gasteiger partial charge in [-0.15, -0.1) is 6.42 Å². The van der Waals surface area contributed by atoms with Gasteiger partial charge in [0.05, 0.1) is 25.7 Å². The smallest absolute Gasteiger partial charge is 0.145 e. The summed E-state index contributed by atoms with van der Waals surface area (Å²) in [5, 5.41) is 0.879. The third-order valence-electron chi connectivity index (χ3n) is 9.67. The molecule has 0 aliphatic rings. The van der Waals surface area contributed by atoms with Crippen molar-refractivity contribution in [3.8, 4) is 12.3 Å². The first-order chi connectivity index (χ1) is 28.5. The molecule has 0 saturated carbocycles. The van der Waals surface area contributed by atoms with Gasteiger partial charge in [0.25, 0.3) is 0 Å². The van der Waals surface area contributed by atoms with Crippen molar-refractivity contribution < 1.29 is 22.0 Å². The summed E-state index contributed by atoms with van der Waals surface area (Å²) in [6.45, 7) is 33.4. The van der Waals surface area contributed by atoms with E-state index in [2.05, 4.69) is 26.7 Å². The first kappa shape index (κ1) is 60.5. The molecule has 0 N–H and O–H groups in total. The Bertz CT molecular complexity index is 2270. The van der Waals surface area contributed by atoms with E-state index in [-0.39, 0.29) is 83.7 Å². The van der Waals surface area contributed by atoms with Crippen molar-refractivity contribution in [3.05, 3.63) is 173 Å². The first-order valence-electron chi connectivity index (χ1n) is 20.5. The van der Waals surface area contributed by atoms with Crippen LogP contribution >= 0.6 is 46.4 Å². The standard InChI is InChI=1S/C12H13F.2C11H14ClF.2C10H12ClF.CH4/c1-5-9-7-6-8-10(11(9)13)12(2,3)4;2*1-7-5-6-8(11(2,3)4)10(13)9(7)12;1-10(2,3)7-4-5-9(12)8(11)6-7;1-10(2,3)7-5-4-6-8(11)9(7)12;/h1,6-8H,2-4H3;2*5-6H,1-4H3;2*4-6H,1-3H3;1H4. The van der Waals surface area contributed by atoms with Crippen LogP contribution in [-0.2, 0) is 27.1 Å². The Morgan fingerprint density at radius 2 is 0.781 bits per heavy atom. The molecular formula is C55H69Cl4F5. The fourth-order valence-electron chi connectivity index (χ4n) is 5.72. The number of aryl methyl sites for hydroxylation is 2. The van der Waals surface area contributed by atoms with Crippen molar-refractivity contribution in [1.82, 2.24) is 0 Å². The third kappa shape index (κ3) is 18.0. The van der Waals surface area contributed by atoms with Crippen LogP contribution in [0.25, 0.3) is 0 Å². The number of terminal acetylenes is 1. The van der Waals surface area contributed by atoms with Crippen molar-refractivity contribution in [3.63, 3.8) is 0 Å². The van der Waals surface area contributed by atoms with Gasteiger partial charge < -0.3 is 0 Å². The van der Waals surface area contributed by atoms with Gasteiger partial charge in [0.1, 0.15) is 29.1 Å². The van der Waals surface area contributed by atoms with E-state index >= 15 is 0 Å². The van der Waals surface area contributed by atoms with Crippen molar-refractivity contribution >= 4 is 46.4 Å². The molecule has 0 aliphatic carbocycles. The van der Waals surface area contributed by atoms with Crippen LogP contribution in [0.4, 0.5) is 22.0 Å². The summed E-state index contributed by atoms with van der Waals surface area (Å²) in [7, 11) is 0. The SMILES string of the molecule is C.C#Cc1cccc(C(C)(C)C)c1F.CC(C)(C)c1ccc(F)c(Cl)c1.CC(C)(C)c1cccc(Cl)c1F.Cc1ccc(C(C)(C)C)c(F)c1Cl.Cc1ccc(C(C)(C)C)c(F)c1Cl. The minimum absolute atomic E-state index is 0. The van der Waals surface area contributed by atoms with Gasteiger partial charge in [-0.2, -0.15) is 0 Å². The monoisotopic (exact) mass is 964 g/mol. The van der Waals surface area contributed by atoms with E-state index in [1.165, 1.54) is 6.07 Å². The van der Waals surface area contributed by atoms with Gasteiger partial charge >= 0.3 is 0 Å². The van der Waals surface area contributed by atoms with Crippen molar-refractivity contribution in [1.29, 1.82) is 0 Å². The van der Waals surface area contributed by atoms with E-state index in [1.54, 1.807) is 74.5 Å². The van der Waals surface area contributed by atoms with E-state index in [9.17, 15) is 22.0 Å². The van der Waals surface area contributed by atoms with Gasteiger partial charge in [0.15, 0.2) is 0 Å². The van der Waals surface area contributed by atoms with Gasteiger partial charge in [-0.25, -0.2) is 22.0 Å². The van der Waals surface area contributed by atoms with Gasteiger partial charge in [-0.05, 0) is 104 Å². The van der Waals surface area contributed by atoms with Crippen molar-refractivity contribution in [2.45, 2.75) is 152 Å². The molecule has 0 fully saturated rings. The highest BCUT2D eigenvalue weighted by Gasteiger charge is 2.23. The maximum absolute atomic E-state index is 13.6. The van der Waals surface area contributed by atoms with Crippen LogP contribution in [0.2, 0.25) is 20.1 Å². The lowest BCUT2D eigenvalue weighted by Gasteiger charge is -2.20. The number of hydrogen-bond donors (Lipinski definition) is 0. The lowest BCUT2D eigenvalue weighted by molar-refractivity contribution is 0.521. The molecule has 5 aromatic rings. The van der Waals surface area contributed by atoms with E-state index in [1.807, 2.05) is 95.2 Å². The van der Waals surface area contributed by atoms with Gasteiger partial charge in [-0.3, -0.25) is 0 Å². The van der Waals surface area contributed by atoms with E-state index in [0.29, 0.717) is 27.8 Å². The Kier molecular flexibility index (Phi) is 23.0. The Morgan fingerprint density at radius 3 is 1.11 bits per heavy atom. The number of halogens is 9. The molecule has 0 unspecified atom stereocenters. The highest BCUT2D eigenvalue weighted by atomic mass is 35.5. The highest BCUT2D eigenvalue weighted by Crippen LogP contribution is 2.33. The topological polar surface area (TPSA) is 0 Å². The normalized spacial score (nSPS) is 11.5. The molecule has 0 radical (unpaired) electrons. The second-order valence-corrected chi connectivity index (χ2v) is 22.0. The summed E-state index contributed by atoms with van der Waals surface area (Å²) in [5.41, 5.74) is 4.89. The van der Waals surface area contributed by atoms with E-state index in [4.69, 9.17) is 52.8 Å². The predicted molar refractivity (Wildman–Crippen MR) is 270 cm³/mol. The molecule has 0 heterocycles. The van der Waals surface area contributed by atoms with Crippen LogP contribution in [0.15, 0.2) is 78.9 Å². The Hall–Kier alpha value is -3.53. The first-order valence-corrected chi connectivity index (χ1v) is 22.0. The summed E-state index contributed by atoms with van der Waals surface area (Å²) in [6.07, 6.45) is 5.17. The van der Waals surface area contributed by atoms with Crippen molar-refractivity contribution in [2.75, 3.05) is 0 Å². The lowest BCUT2D eigenvalue weighted by Crippen LogP contribution is -2.14. The molecule has 0 nitrogen and oxygen atoms in total. The van der Waals surface area contributed by atoms with E-state index < -0.39 is 0 Å². The third-order valence-corrected chi connectivity index (χ3v) is 11.2. The van der Waals surface area contributed by atoms with Crippen LogP contribution < -0.4 is 0 Å². The summed E-state index contributed by atoms with van der Waals surface area (Å²) in [6, 6.07) is 22.4. The van der Waals surface area contributed by atoms with Crippen LogP contribution in [0, 0.1) is 55.3 Å². The van der Waals surface area contributed by atoms with E-state index in [0.717, 1.165) is 16.7 Å². The molecule has 0 aliphatic heterocycles. The molecule has 0 saturated heterocycles. The van der Waals surface area contributed by atoms with Gasteiger partial charge in [0.2, 0.25) is 0 Å². The zero-order valence-corrected chi connectivity index (χ0v) is 43.0. The Balaban J connectivity index is 0.000000773. The second kappa shape index (κ2) is 24.3. The van der Waals surface area contributed by atoms with Gasteiger partial charge in [-0.1, -0.05) is 218 Å². The highest BCUT2D eigenvalue weighted by molar-refractivity contribution is 6.32. The molecule has 352 valence electrons. The fraction of sp³-hybridized carbons (Fsp3) is 0.418. The molecule has 5 rings (SSSR count). The summed E-state index contributed by atoms with van der Waals surface area (Å²) < 4.78 is 67.0. The summed E-state index contributed by atoms with van der Waals surface area (Å²) >= 11 is 22.9. The fourth-order valence-corrected chi connectivity index (χ4v) is 6.40. The molecule has 0 bridgehead atoms. The molecule has 9 heteroatoms. The average molecular weight is 967 g/mol. The maximum atomic E-state index is 13.6. The Morgan fingerprint density at radius 1 is 0.422 bits per heavy atom. The lowest BCUT2D eigenvalue weighted by atomic mass is 9.86. The largest absolute Gasteiger partial charge is 0.205 e. The van der Waals surface area contributed by atoms with Crippen LogP contribution in [0.5, 0.6) is 0 Å². The minimum Gasteiger partial charge on any atom is -0.205 e. The number of hydrogen-bond acceptors (Lipinski definition) is 0. The predicted octanol–water partition coefficient (Wildman–Crippen LogP) is 19.5. The molecule has 5 aromatic carbocycles. The molecule has 0 spiro atoms. The molecule has 0 amide bonds. The quantitative estimate of drug-likeness (QED) is 0.107. The van der Waals surface area contributed by atoms with Crippen LogP contribution in [0.3, 0.4) is 0 Å². The zero-order chi connectivity index (χ0) is 49.2. The minimum atomic E-state index is -0.357. The Labute approximate surface area is 403 Å². The van der Waals surface area contributed by atoms with Crippen LogP contribution in [0.1, 0.15) is 156 Å². The number of rotatable bonds is 0. The molecule has 0 aromatic heterocycles. The molecule has 64 heavy (non-hydrogen) atoms. The summed E-state index contributed by atoms with van der Waals surface area (Å²) in [4.78, 5) is 0. The van der Waals surface area contributed by atoms with Crippen molar-refractivity contribution in [2.24, 2.45) is 0 Å². The zero-order valence-electron chi connectivity index (χ0n) is 40.0. The molecular weight excluding hydrogens is 897 g/mol. The number of benzene rings is 5. The second-order valence-electron chi connectivity index (χ2n) is 20.4. The summed E-state index contributed by atoms with van der Waals surface area (Å²) in [5.74, 6) is 0.844.